The first-order valence-electron chi connectivity index (χ1n) is 7.32. The van der Waals surface area contributed by atoms with Crippen LogP contribution in [0.1, 0.15) is 38.2 Å². The number of hydrogen-bond acceptors (Lipinski definition) is 4. The highest BCUT2D eigenvalue weighted by atomic mass is 16.5. The highest BCUT2D eigenvalue weighted by molar-refractivity contribution is 5.98. The Labute approximate surface area is 125 Å². The summed E-state index contributed by atoms with van der Waals surface area (Å²) in [4.78, 5) is 12.2. The van der Waals surface area contributed by atoms with Crippen LogP contribution in [0.5, 0.6) is 11.5 Å². The van der Waals surface area contributed by atoms with E-state index in [1.54, 1.807) is 14.2 Å². The molecule has 0 aromatic heterocycles. The number of esters is 1. The van der Waals surface area contributed by atoms with Crippen LogP contribution in [0.3, 0.4) is 0 Å². The SMILES string of the molecule is CCOC(=O)C1=C(c2cc(OC)ccc2OC)CCCC1. The zero-order valence-electron chi connectivity index (χ0n) is 12.9. The van der Waals surface area contributed by atoms with E-state index in [9.17, 15) is 4.79 Å². The molecule has 0 atom stereocenters. The number of benzene rings is 1. The molecule has 0 amide bonds. The topological polar surface area (TPSA) is 44.8 Å². The van der Waals surface area contributed by atoms with Crippen molar-refractivity contribution in [3.05, 3.63) is 29.3 Å². The summed E-state index contributed by atoms with van der Waals surface area (Å²) in [6.07, 6.45) is 3.70. The van der Waals surface area contributed by atoms with Crippen molar-refractivity contribution in [3.8, 4) is 11.5 Å². The van der Waals surface area contributed by atoms with Gasteiger partial charge in [-0.2, -0.15) is 0 Å². The van der Waals surface area contributed by atoms with Gasteiger partial charge in [-0.05, 0) is 56.4 Å². The first-order valence-corrected chi connectivity index (χ1v) is 7.32. The predicted octanol–water partition coefficient (Wildman–Crippen LogP) is 3.59. The van der Waals surface area contributed by atoms with Crippen molar-refractivity contribution in [2.45, 2.75) is 32.6 Å². The average molecular weight is 290 g/mol. The number of carbonyl (C=O) groups is 1. The third-order valence-electron chi connectivity index (χ3n) is 3.72. The second kappa shape index (κ2) is 7.16. The Bertz CT molecular complexity index is 546. The fraction of sp³-hybridized carbons (Fsp3) is 0.471. The van der Waals surface area contributed by atoms with E-state index in [1.165, 1.54) is 0 Å². The molecule has 1 aliphatic rings. The van der Waals surface area contributed by atoms with Crippen molar-refractivity contribution < 1.29 is 19.0 Å². The van der Waals surface area contributed by atoms with E-state index in [-0.39, 0.29) is 5.97 Å². The predicted molar refractivity (Wildman–Crippen MR) is 81.6 cm³/mol. The van der Waals surface area contributed by atoms with E-state index < -0.39 is 0 Å². The van der Waals surface area contributed by atoms with E-state index in [0.29, 0.717) is 6.61 Å². The summed E-state index contributed by atoms with van der Waals surface area (Å²) < 4.78 is 15.9. The number of ether oxygens (including phenoxy) is 3. The van der Waals surface area contributed by atoms with Crippen LogP contribution in [0.25, 0.3) is 5.57 Å². The third-order valence-corrected chi connectivity index (χ3v) is 3.72. The fourth-order valence-electron chi connectivity index (χ4n) is 2.70. The van der Waals surface area contributed by atoms with E-state index in [2.05, 4.69) is 0 Å². The Hall–Kier alpha value is -1.97. The minimum atomic E-state index is -0.211. The molecule has 0 unspecified atom stereocenters. The van der Waals surface area contributed by atoms with E-state index >= 15 is 0 Å². The van der Waals surface area contributed by atoms with E-state index in [1.807, 2.05) is 25.1 Å². The molecule has 0 bridgehead atoms. The molecule has 0 aliphatic heterocycles. The molecule has 0 heterocycles. The van der Waals surface area contributed by atoms with Gasteiger partial charge in [0.15, 0.2) is 0 Å². The van der Waals surface area contributed by atoms with Crippen molar-refractivity contribution in [2.75, 3.05) is 20.8 Å². The maximum atomic E-state index is 12.2. The highest BCUT2D eigenvalue weighted by Crippen LogP contribution is 2.39. The summed E-state index contributed by atoms with van der Waals surface area (Å²) in [5, 5.41) is 0. The Morgan fingerprint density at radius 1 is 1.14 bits per heavy atom. The minimum Gasteiger partial charge on any atom is -0.497 e. The van der Waals surface area contributed by atoms with Crippen LogP contribution in [0.4, 0.5) is 0 Å². The molecule has 0 N–H and O–H groups in total. The van der Waals surface area contributed by atoms with Crippen molar-refractivity contribution in [1.29, 1.82) is 0 Å². The molecular weight excluding hydrogens is 268 g/mol. The summed E-state index contributed by atoms with van der Waals surface area (Å²) in [7, 11) is 3.27. The van der Waals surface area contributed by atoms with Crippen LogP contribution >= 0.6 is 0 Å². The van der Waals surface area contributed by atoms with Crippen LogP contribution in [-0.2, 0) is 9.53 Å². The zero-order valence-corrected chi connectivity index (χ0v) is 12.9. The number of methoxy groups -OCH3 is 2. The van der Waals surface area contributed by atoms with E-state index in [0.717, 1.165) is 53.9 Å². The fourth-order valence-corrected chi connectivity index (χ4v) is 2.70. The van der Waals surface area contributed by atoms with Gasteiger partial charge in [0, 0.05) is 11.1 Å². The lowest BCUT2D eigenvalue weighted by Gasteiger charge is -2.21. The van der Waals surface area contributed by atoms with Gasteiger partial charge in [0.1, 0.15) is 11.5 Å². The molecule has 0 radical (unpaired) electrons. The lowest BCUT2D eigenvalue weighted by Crippen LogP contribution is -2.13. The molecule has 1 aliphatic carbocycles. The summed E-state index contributed by atoms with van der Waals surface area (Å²) in [6.45, 7) is 2.22. The molecule has 1 aromatic carbocycles. The average Bonchev–Trinajstić information content (AvgIpc) is 2.54. The smallest absolute Gasteiger partial charge is 0.334 e. The zero-order chi connectivity index (χ0) is 15.2. The highest BCUT2D eigenvalue weighted by Gasteiger charge is 2.23. The number of hydrogen-bond donors (Lipinski definition) is 0. The van der Waals surface area contributed by atoms with Gasteiger partial charge < -0.3 is 14.2 Å². The number of allylic oxidation sites excluding steroid dienone is 1. The van der Waals surface area contributed by atoms with Gasteiger partial charge in [-0.1, -0.05) is 0 Å². The van der Waals surface area contributed by atoms with Crippen molar-refractivity contribution in [1.82, 2.24) is 0 Å². The van der Waals surface area contributed by atoms with Crippen LogP contribution in [0.2, 0.25) is 0 Å². The van der Waals surface area contributed by atoms with Crippen LogP contribution in [-0.4, -0.2) is 26.8 Å². The van der Waals surface area contributed by atoms with Crippen molar-refractivity contribution in [3.63, 3.8) is 0 Å². The third kappa shape index (κ3) is 3.38. The largest absolute Gasteiger partial charge is 0.497 e. The van der Waals surface area contributed by atoms with Gasteiger partial charge in [0.2, 0.25) is 0 Å². The standard InChI is InChI=1S/C17H22O4/c1-4-21-17(18)14-8-6-5-7-13(14)15-11-12(19-2)9-10-16(15)20-3/h9-11H,4-8H2,1-3H3. The van der Waals surface area contributed by atoms with Crippen molar-refractivity contribution >= 4 is 11.5 Å². The Kier molecular flexibility index (Phi) is 5.26. The first-order chi connectivity index (χ1) is 10.2. The minimum absolute atomic E-state index is 0.211. The molecule has 4 heteroatoms. The van der Waals surface area contributed by atoms with Crippen LogP contribution < -0.4 is 9.47 Å². The quantitative estimate of drug-likeness (QED) is 0.777. The molecule has 0 spiro atoms. The lowest BCUT2D eigenvalue weighted by atomic mass is 9.87. The van der Waals surface area contributed by atoms with Gasteiger partial charge in [-0.25, -0.2) is 4.79 Å². The Morgan fingerprint density at radius 3 is 2.57 bits per heavy atom. The molecule has 4 nitrogen and oxygen atoms in total. The Balaban J connectivity index is 2.51. The molecule has 1 aromatic rings. The van der Waals surface area contributed by atoms with Crippen LogP contribution in [0, 0.1) is 0 Å². The van der Waals surface area contributed by atoms with Gasteiger partial charge in [-0.15, -0.1) is 0 Å². The number of carbonyl (C=O) groups excluding carboxylic acids is 1. The van der Waals surface area contributed by atoms with Gasteiger partial charge in [-0.3, -0.25) is 0 Å². The lowest BCUT2D eigenvalue weighted by molar-refractivity contribution is -0.138. The summed E-state index contributed by atoms with van der Waals surface area (Å²) in [5.74, 6) is 1.30. The van der Waals surface area contributed by atoms with Gasteiger partial charge >= 0.3 is 5.97 Å². The molecule has 0 fully saturated rings. The Morgan fingerprint density at radius 2 is 1.90 bits per heavy atom. The normalized spacial score (nSPS) is 14.8. The monoisotopic (exact) mass is 290 g/mol. The summed E-state index contributed by atoms with van der Waals surface area (Å²) in [5.41, 5.74) is 2.73. The van der Waals surface area contributed by atoms with Gasteiger partial charge in [0.05, 0.1) is 20.8 Å². The molecule has 114 valence electrons. The maximum Gasteiger partial charge on any atom is 0.334 e. The van der Waals surface area contributed by atoms with Crippen LogP contribution in [0.15, 0.2) is 23.8 Å². The molecular formula is C17H22O4. The summed E-state index contributed by atoms with van der Waals surface area (Å²) in [6, 6.07) is 5.66. The molecule has 0 saturated heterocycles. The first kappa shape index (κ1) is 15.4. The second-order valence-electron chi connectivity index (χ2n) is 4.95. The molecule has 21 heavy (non-hydrogen) atoms. The maximum absolute atomic E-state index is 12.2. The molecule has 2 rings (SSSR count). The van der Waals surface area contributed by atoms with E-state index in [4.69, 9.17) is 14.2 Å². The molecule has 0 saturated carbocycles. The van der Waals surface area contributed by atoms with Crippen molar-refractivity contribution in [2.24, 2.45) is 0 Å². The summed E-state index contributed by atoms with van der Waals surface area (Å²) >= 11 is 0. The van der Waals surface area contributed by atoms with Gasteiger partial charge in [0.25, 0.3) is 0 Å². The number of rotatable bonds is 5. The second-order valence-corrected chi connectivity index (χ2v) is 4.95.